The number of anilines is 1. The summed E-state index contributed by atoms with van der Waals surface area (Å²) < 4.78 is 10.8. The number of rotatable bonds is 5. The molecule has 2 aromatic rings. The first-order valence-corrected chi connectivity index (χ1v) is 8.53. The minimum atomic E-state index is -0.338. The van der Waals surface area contributed by atoms with Gasteiger partial charge in [0, 0.05) is 18.8 Å². The van der Waals surface area contributed by atoms with Gasteiger partial charge in [0.1, 0.15) is 11.8 Å². The summed E-state index contributed by atoms with van der Waals surface area (Å²) in [6, 6.07) is 16.9. The number of carbonyl (C=O) groups excluding carboxylic acids is 1. The van der Waals surface area contributed by atoms with Crippen molar-refractivity contribution in [2.24, 2.45) is 0 Å². The van der Waals surface area contributed by atoms with E-state index < -0.39 is 0 Å². The van der Waals surface area contributed by atoms with Crippen LogP contribution in [-0.4, -0.2) is 43.7 Å². The Bertz CT molecular complexity index is 688. The predicted octanol–water partition coefficient (Wildman–Crippen LogP) is 3.10. The van der Waals surface area contributed by atoms with Crippen LogP contribution in [0.15, 0.2) is 54.6 Å². The third kappa shape index (κ3) is 4.38. The molecule has 5 nitrogen and oxygen atoms in total. The zero-order chi connectivity index (χ0) is 17.6. The van der Waals surface area contributed by atoms with Gasteiger partial charge in [-0.1, -0.05) is 30.3 Å². The maximum Gasteiger partial charge on any atom is 0.246 e. The number of amides is 1. The van der Waals surface area contributed by atoms with Crippen molar-refractivity contribution in [3.63, 3.8) is 0 Å². The quantitative estimate of drug-likeness (QED) is 0.909. The number of hydrogen-bond acceptors (Lipinski definition) is 4. The normalized spacial score (nSPS) is 19.2. The Hall–Kier alpha value is -2.37. The summed E-state index contributed by atoms with van der Waals surface area (Å²) in [7, 11) is 1.62. The first kappa shape index (κ1) is 17.5. The number of methoxy groups -OCH3 is 1. The molecule has 1 N–H and O–H groups in total. The van der Waals surface area contributed by atoms with Gasteiger partial charge in [-0.3, -0.25) is 9.69 Å². The first-order chi connectivity index (χ1) is 12.2. The second-order valence-electron chi connectivity index (χ2n) is 6.21. The lowest BCUT2D eigenvalue weighted by Crippen LogP contribution is -2.46. The van der Waals surface area contributed by atoms with E-state index in [9.17, 15) is 4.79 Å². The molecule has 1 heterocycles. The van der Waals surface area contributed by atoms with Crippen molar-refractivity contribution in [1.82, 2.24) is 4.90 Å². The molecular formula is C20H24N2O3. The molecule has 0 saturated carbocycles. The van der Waals surface area contributed by atoms with Gasteiger partial charge < -0.3 is 14.8 Å². The molecule has 5 heteroatoms. The molecule has 1 aliphatic heterocycles. The van der Waals surface area contributed by atoms with E-state index >= 15 is 0 Å². The highest BCUT2D eigenvalue weighted by atomic mass is 16.5. The maximum atomic E-state index is 13.0. The van der Waals surface area contributed by atoms with Crippen molar-refractivity contribution in [2.75, 3.05) is 32.1 Å². The maximum absolute atomic E-state index is 13.0. The van der Waals surface area contributed by atoms with E-state index in [-0.39, 0.29) is 18.1 Å². The number of nitrogens with zero attached hydrogens (tertiary/aromatic N) is 1. The summed E-state index contributed by atoms with van der Waals surface area (Å²) >= 11 is 0. The average molecular weight is 340 g/mol. The molecule has 0 bridgehead atoms. The van der Waals surface area contributed by atoms with E-state index in [1.807, 2.05) is 61.5 Å². The number of carbonyl (C=O) groups is 1. The number of ether oxygens (including phenoxy) is 2. The molecule has 3 rings (SSSR count). The van der Waals surface area contributed by atoms with Gasteiger partial charge in [0.2, 0.25) is 5.91 Å². The van der Waals surface area contributed by atoms with Crippen molar-refractivity contribution in [3.8, 4) is 5.75 Å². The minimum absolute atomic E-state index is 0.0366. The summed E-state index contributed by atoms with van der Waals surface area (Å²) in [6.45, 7) is 4.14. The Kier molecular flexibility index (Phi) is 5.68. The standard InChI is InChI=1S/C20H24N2O3/c1-15-14-22(12-13-25-15)19(16-6-4-3-5-7-16)20(23)21-17-8-10-18(24-2)11-9-17/h3-11,15,19H,12-14H2,1-2H3,(H,21,23)/t15-,19+/m0/s1. The largest absolute Gasteiger partial charge is 0.497 e. The molecule has 1 fully saturated rings. The molecule has 0 radical (unpaired) electrons. The molecular weight excluding hydrogens is 316 g/mol. The van der Waals surface area contributed by atoms with E-state index in [0.29, 0.717) is 6.61 Å². The lowest BCUT2D eigenvalue weighted by Gasteiger charge is -2.36. The fourth-order valence-electron chi connectivity index (χ4n) is 3.13. The van der Waals surface area contributed by atoms with Gasteiger partial charge in [-0.2, -0.15) is 0 Å². The SMILES string of the molecule is COc1ccc(NC(=O)[C@@H](c2ccccc2)N2CCO[C@@H](C)C2)cc1. The van der Waals surface area contributed by atoms with Gasteiger partial charge in [0.25, 0.3) is 0 Å². The van der Waals surface area contributed by atoms with Crippen molar-refractivity contribution in [2.45, 2.75) is 19.1 Å². The summed E-state index contributed by atoms with van der Waals surface area (Å²) in [5.41, 5.74) is 1.75. The monoisotopic (exact) mass is 340 g/mol. The van der Waals surface area contributed by atoms with Gasteiger partial charge >= 0.3 is 0 Å². The van der Waals surface area contributed by atoms with Crippen LogP contribution in [0.1, 0.15) is 18.5 Å². The summed E-state index contributed by atoms with van der Waals surface area (Å²) in [5, 5.41) is 3.03. The Labute approximate surface area is 148 Å². The van der Waals surface area contributed by atoms with Crippen LogP contribution in [0, 0.1) is 0 Å². The molecule has 1 saturated heterocycles. The second-order valence-corrected chi connectivity index (χ2v) is 6.21. The summed E-state index contributed by atoms with van der Waals surface area (Å²) in [5.74, 6) is 0.727. The minimum Gasteiger partial charge on any atom is -0.497 e. The summed E-state index contributed by atoms with van der Waals surface area (Å²) in [4.78, 5) is 15.2. The van der Waals surface area contributed by atoms with E-state index in [0.717, 1.165) is 30.1 Å². The van der Waals surface area contributed by atoms with E-state index in [1.165, 1.54) is 0 Å². The predicted molar refractivity (Wildman–Crippen MR) is 97.8 cm³/mol. The molecule has 25 heavy (non-hydrogen) atoms. The molecule has 0 unspecified atom stereocenters. The number of nitrogens with one attached hydrogen (secondary N) is 1. The van der Waals surface area contributed by atoms with Crippen molar-refractivity contribution >= 4 is 11.6 Å². The van der Waals surface area contributed by atoms with Crippen LogP contribution in [-0.2, 0) is 9.53 Å². The van der Waals surface area contributed by atoms with Crippen molar-refractivity contribution in [1.29, 1.82) is 0 Å². The molecule has 132 valence electrons. The molecule has 0 aromatic heterocycles. The number of hydrogen-bond donors (Lipinski definition) is 1. The Morgan fingerprint density at radius 2 is 1.92 bits per heavy atom. The van der Waals surface area contributed by atoms with Gasteiger partial charge in [0.05, 0.1) is 19.8 Å². The first-order valence-electron chi connectivity index (χ1n) is 8.53. The highest BCUT2D eigenvalue weighted by molar-refractivity contribution is 5.95. The van der Waals surface area contributed by atoms with E-state index in [1.54, 1.807) is 7.11 Å². The zero-order valence-corrected chi connectivity index (χ0v) is 14.6. The highest BCUT2D eigenvalue weighted by Crippen LogP contribution is 2.25. The van der Waals surface area contributed by atoms with Gasteiger partial charge in [0.15, 0.2) is 0 Å². The molecule has 0 aliphatic carbocycles. The van der Waals surface area contributed by atoms with Crippen molar-refractivity contribution < 1.29 is 14.3 Å². The van der Waals surface area contributed by atoms with Crippen LogP contribution in [0.25, 0.3) is 0 Å². The Balaban J connectivity index is 1.81. The third-order valence-corrected chi connectivity index (χ3v) is 4.36. The Morgan fingerprint density at radius 1 is 1.20 bits per heavy atom. The molecule has 0 spiro atoms. The summed E-state index contributed by atoms with van der Waals surface area (Å²) in [6.07, 6.45) is 0.119. The third-order valence-electron chi connectivity index (χ3n) is 4.36. The molecule has 1 aliphatic rings. The van der Waals surface area contributed by atoms with E-state index in [4.69, 9.17) is 9.47 Å². The molecule has 2 aromatic carbocycles. The lowest BCUT2D eigenvalue weighted by atomic mass is 10.0. The fourth-order valence-corrected chi connectivity index (χ4v) is 3.13. The zero-order valence-electron chi connectivity index (χ0n) is 14.6. The van der Waals surface area contributed by atoms with Crippen LogP contribution in [0.3, 0.4) is 0 Å². The van der Waals surface area contributed by atoms with Crippen LogP contribution < -0.4 is 10.1 Å². The topological polar surface area (TPSA) is 50.8 Å². The van der Waals surface area contributed by atoms with Crippen LogP contribution in [0.4, 0.5) is 5.69 Å². The fraction of sp³-hybridized carbons (Fsp3) is 0.350. The average Bonchev–Trinajstić information content (AvgIpc) is 2.63. The van der Waals surface area contributed by atoms with Crippen LogP contribution >= 0.6 is 0 Å². The van der Waals surface area contributed by atoms with E-state index in [2.05, 4.69) is 10.2 Å². The van der Waals surface area contributed by atoms with Crippen molar-refractivity contribution in [3.05, 3.63) is 60.2 Å². The van der Waals surface area contributed by atoms with Gasteiger partial charge in [-0.15, -0.1) is 0 Å². The molecule has 2 atom stereocenters. The van der Waals surface area contributed by atoms with Gasteiger partial charge in [-0.25, -0.2) is 0 Å². The van der Waals surface area contributed by atoms with Gasteiger partial charge in [-0.05, 0) is 36.8 Å². The smallest absolute Gasteiger partial charge is 0.246 e. The second kappa shape index (κ2) is 8.14. The number of morpholine rings is 1. The number of benzene rings is 2. The Morgan fingerprint density at radius 3 is 2.56 bits per heavy atom. The highest BCUT2D eigenvalue weighted by Gasteiger charge is 2.31. The van der Waals surface area contributed by atoms with Crippen LogP contribution in [0.2, 0.25) is 0 Å². The molecule has 1 amide bonds. The van der Waals surface area contributed by atoms with Crippen LogP contribution in [0.5, 0.6) is 5.75 Å². The lowest BCUT2D eigenvalue weighted by molar-refractivity contribution is -0.124.